The summed E-state index contributed by atoms with van der Waals surface area (Å²) in [6, 6.07) is 5.85. The lowest BCUT2D eigenvalue weighted by molar-refractivity contribution is 0.242. The van der Waals surface area contributed by atoms with Gasteiger partial charge in [-0.2, -0.15) is 0 Å². The van der Waals surface area contributed by atoms with Crippen molar-refractivity contribution in [3.05, 3.63) is 47.8 Å². The number of hydrogen-bond donors (Lipinski definition) is 2. The van der Waals surface area contributed by atoms with E-state index in [4.69, 9.17) is 10.5 Å². The van der Waals surface area contributed by atoms with E-state index in [2.05, 4.69) is 5.32 Å². The number of anilines is 3. The maximum Gasteiger partial charge on any atom is 0.152 e. The van der Waals surface area contributed by atoms with E-state index in [9.17, 15) is 13.2 Å². The molecule has 0 atom stereocenters. The summed E-state index contributed by atoms with van der Waals surface area (Å²) in [6.45, 7) is 3.69. The summed E-state index contributed by atoms with van der Waals surface area (Å²) in [5.41, 5.74) is 5.99. The van der Waals surface area contributed by atoms with Gasteiger partial charge in [0.1, 0.15) is 17.3 Å². The third-order valence-corrected chi connectivity index (χ3v) is 2.58. The molecule has 2 rings (SSSR count). The molecule has 0 bridgehead atoms. The van der Waals surface area contributed by atoms with E-state index < -0.39 is 23.1 Å². The quantitative estimate of drug-likeness (QED) is 0.831. The molecular weight excluding hydrogens is 281 g/mol. The number of nitrogens with two attached hydrogens (primary N) is 1. The Bertz CT molecular complexity index is 636. The third kappa shape index (κ3) is 3.81. The van der Waals surface area contributed by atoms with E-state index in [1.807, 2.05) is 13.8 Å². The number of halogens is 3. The SMILES string of the molecule is CC(C)Oc1cc(N)cc(Nc2c(F)cc(F)cc2F)c1. The van der Waals surface area contributed by atoms with Crippen LogP contribution < -0.4 is 15.8 Å². The highest BCUT2D eigenvalue weighted by Gasteiger charge is 2.12. The molecule has 3 nitrogen and oxygen atoms in total. The Kier molecular flexibility index (Phi) is 4.26. The van der Waals surface area contributed by atoms with Crippen LogP contribution in [0.5, 0.6) is 5.75 Å². The van der Waals surface area contributed by atoms with E-state index in [0.29, 0.717) is 29.3 Å². The molecule has 0 unspecified atom stereocenters. The zero-order chi connectivity index (χ0) is 15.6. The van der Waals surface area contributed by atoms with Gasteiger partial charge in [-0.15, -0.1) is 0 Å². The number of nitrogen functional groups attached to an aromatic ring is 1. The first-order valence-electron chi connectivity index (χ1n) is 6.34. The first-order chi connectivity index (χ1) is 9.85. The van der Waals surface area contributed by atoms with Gasteiger partial charge in [0, 0.05) is 35.6 Å². The Hall–Kier alpha value is -2.37. The second kappa shape index (κ2) is 5.95. The second-order valence-corrected chi connectivity index (χ2v) is 4.83. The van der Waals surface area contributed by atoms with Crippen molar-refractivity contribution >= 4 is 17.1 Å². The van der Waals surface area contributed by atoms with Crippen molar-refractivity contribution in [3.8, 4) is 5.75 Å². The summed E-state index contributed by atoms with van der Waals surface area (Å²) in [5, 5.41) is 2.55. The van der Waals surface area contributed by atoms with Crippen molar-refractivity contribution in [1.29, 1.82) is 0 Å². The molecule has 0 saturated carbocycles. The molecular formula is C15H15F3N2O. The van der Waals surface area contributed by atoms with Crippen LogP contribution in [0, 0.1) is 17.5 Å². The summed E-state index contributed by atoms with van der Waals surface area (Å²) >= 11 is 0. The molecule has 0 aliphatic carbocycles. The standard InChI is InChI=1S/C15H15F3N2O/c1-8(2)21-12-6-10(19)5-11(7-12)20-15-13(17)3-9(16)4-14(15)18/h3-8,20H,19H2,1-2H3. The maximum atomic E-state index is 13.6. The van der Waals surface area contributed by atoms with Crippen molar-refractivity contribution in [2.24, 2.45) is 0 Å². The smallest absolute Gasteiger partial charge is 0.152 e. The van der Waals surface area contributed by atoms with Gasteiger partial charge in [0.2, 0.25) is 0 Å². The number of nitrogens with one attached hydrogen (secondary N) is 1. The summed E-state index contributed by atoms with van der Waals surface area (Å²) in [6.07, 6.45) is -0.0704. The van der Waals surface area contributed by atoms with E-state index >= 15 is 0 Å². The van der Waals surface area contributed by atoms with Gasteiger partial charge in [-0.25, -0.2) is 13.2 Å². The minimum Gasteiger partial charge on any atom is -0.491 e. The predicted molar refractivity (Wildman–Crippen MR) is 76.2 cm³/mol. The number of rotatable bonds is 4. The van der Waals surface area contributed by atoms with Crippen LogP contribution in [-0.4, -0.2) is 6.10 Å². The second-order valence-electron chi connectivity index (χ2n) is 4.83. The van der Waals surface area contributed by atoms with E-state index in [-0.39, 0.29) is 6.10 Å². The van der Waals surface area contributed by atoms with E-state index in [1.165, 1.54) is 6.07 Å². The highest BCUT2D eigenvalue weighted by Crippen LogP contribution is 2.29. The summed E-state index contributed by atoms with van der Waals surface area (Å²) in [7, 11) is 0. The van der Waals surface area contributed by atoms with E-state index in [1.54, 1.807) is 12.1 Å². The van der Waals surface area contributed by atoms with Crippen LogP contribution >= 0.6 is 0 Å². The fourth-order valence-electron chi connectivity index (χ4n) is 1.84. The van der Waals surface area contributed by atoms with Crippen LogP contribution in [0.4, 0.5) is 30.2 Å². The molecule has 2 aromatic rings. The lowest BCUT2D eigenvalue weighted by Crippen LogP contribution is -2.06. The number of hydrogen-bond acceptors (Lipinski definition) is 3. The van der Waals surface area contributed by atoms with Crippen molar-refractivity contribution in [2.75, 3.05) is 11.1 Å². The summed E-state index contributed by atoms with van der Waals surface area (Å²) in [4.78, 5) is 0. The molecule has 0 aliphatic heterocycles. The maximum absolute atomic E-state index is 13.6. The Labute approximate surface area is 120 Å². The molecule has 0 spiro atoms. The highest BCUT2D eigenvalue weighted by molar-refractivity contribution is 5.67. The molecule has 0 heterocycles. The largest absolute Gasteiger partial charge is 0.491 e. The Morgan fingerprint density at radius 1 is 1.00 bits per heavy atom. The van der Waals surface area contributed by atoms with Gasteiger partial charge in [0.25, 0.3) is 0 Å². The van der Waals surface area contributed by atoms with Crippen molar-refractivity contribution in [1.82, 2.24) is 0 Å². The lowest BCUT2D eigenvalue weighted by atomic mass is 10.2. The minimum absolute atomic E-state index is 0.0704. The molecule has 21 heavy (non-hydrogen) atoms. The van der Waals surface area contributed by atoms with Gasteiger partial charge in [-0.1, -0.05) is 0 Å². The fourth-order valence-corrected chi connectivity index (χ4v) is 1.84. The van der Waals surface area contributed by atoms with Crippen molar-refractivity contribution in [2.45, 2.75) is 20.0 Å². The molecule has 0 radical (unpaired) electrons. The molecule has 0 aliphatic rings. The van der Waals surface area contributed by atoms with Gasteiger partial charge in [-0.05, 0) is 19.9 Å². The zero-order valence-electron chi connectivity index (χ0n) is 11.6. The Morgan fingerprint density at radius 2 is 1.62 bits per heavy atom. The molecule has 0 saturated heterocycles. The normalized spacial score (nSPS) is 10.8. The first kappa shape index (κ1) is 15.0. The number of ether oxygens (including phenoxy) is 1. The van der Waals surface area contributed by atoms with Gasteiger partial charge in [-0.3, -0.25) is 0 Å². The van der Waals surface area contributed by atoms with Crippen LogP contribution in [0.3, 0.4) is 0 Å². The van der Waals surface area contributed by atoms with Crippen molar-refractivity contribution in [3.63, 3.8) is 0 Å². The molecule has 0 aromatic heterocycles. The first-order valence-corrected chi connectivity index (χ1v) is 6.34. The topological polar surface area (TPSA) is 47.3 Å². The molecule has 2 aromatic carbocycles. The number of benzene rings is 2. The van der Waals surface area contributed by atoms with Crippen LogP contribution in [0.2, 0.25) is 0 Å². The average Bonchev–Trinajstić information content (AvgIpc) is 2.32. The average molecular weight is 296 g/mol. The Balaban J connectivity index is 2.33. The van der Waals surface area contributed by atoms with Crippen LogP contribution in [-0.2, 0) is 0 Å². The molecule has 3 N–H and O–H groups in total. The van der Waals surface area contributed by atoms with Gasteiger partial charge < -0.3 is 15.8 Å². The fraction of sp³-hybridized carbons (Fsp3) is 0.200. The molecule has 6 heteroatoms. The van der Waals surface area contributed by atoms with Crippen LogP contribution in [0.15, 0.2) is 30.3 Å². The lowest BCUT2D eigenvalue weighted by Gasteiger charge is -2.14. The summed E-state index contributed by atoms with van der Waals surface area (Å²) in [5.74, 6) is -2.56. The van der Waals surface area contributed by atoms with Gasteiger partial charge in [0.05, 0.1) is 6.10 Å². The van der Waals surface area contributed by atoms with Crippen LogP contribution in [0.1, 0.15) is 13.8 Å². The predicted octanol–water partition coefficient (Wildman–Crippen LogP) is 4.22. The van der Waals surface area contributed by atoms with Crippen molar-refractivity contribution < 1.29 is 17.9 Å². The highest BCUT2D eigenvalue weighted by atomic mass is 19.1. The molecule has 0 amide bonds. The van der Waals surface area contributed by atoms with E-state index in [0.717, 1.165) is 0 Å². The Morgan fingerprint density at radius 3 is 2.19 bits per heavy atom. The van der Waals surface area contributed by atoms with Crippen LogP contribution in [0.25, 0.3) is 0 Å². The minimum atomic E-state index is -1.03. The summed E-state index contributed by atoms with van der Waals surface area (Å²) < 4.78 is 45.6. The zero-order valence-corrected chi connectivity index (χ0v) is 11.6. The molecule has 112 valence electrons. The third-order valence-electron chi connectivity index (χ3n) is 2.58. The monoisotopic (exact) mass is 296 g/mol. The van der Waals surface area contributed by atoms with Gasteiger partial charge in [0.15, 0.2) is 11.6 Å². The molecule has 0 fully saturated rings. The van der Waals surface area contributed by atoms with Gasteiger partial charge >= 0.3 is 0 Å².